The van der Waals surface area contributed by atoms with Gasteiger partial charge in [0.25, 0.3) is 0 Å². The molecular weight excluding hydrogens is 280 g/mol. The van der Waals surface area contributed by atoms with Gasteiger partial charge in [0.05, 0.1) is 29.1 Å². The highest BCUT2D eigenvalue weighted by Gasteiger charge is 2.14. The minimum atomic E-state index is -0.0444. The molecular formula is C15H12N6O. The van der Waals surface area contributed by atoms with Crippen LogP contribution >= 0.6 is 0 Å². The average molecular weight is 292 g/mol. The second-order valence-electron chi connectivity index (χ2n) is 5.04. The van der Waals surface area contributed by atoms with E-state index in [1.807, 2.05) is 24.3 Å². The lowest BCUT2D eigenvalue weighted by Gasteiger charge is -2.11. The van der Waals surface area contributed by atoms with Crippen molar-refractivity contribution in [2.45, 2.75) is 12.8 Å². The molecule has 1 aliphatic heterocycles. The van der Waals surface area contributed by atoms with Gasteiger partial charge < -0.3 is 4.98 Å². The molecule has 108 valence electrons. The van der Waals surface area contributed by atoms with Gasteiger partial charge in [-0.25, -0.2) is 10.4 Å². The summed E-state index contributed by atoms with van der Waals surface area (Å²) in [4.78, 5) is 19.0. The molecule has 0 aliphatic carbocycles. The van der Waals surface area contributed by atoms with E-state index in [0.717, 1.165) is 33.7 Å². The summed E-state index contributed by atoms with van der Waals surface area (Å²) in [6.07, 6.45) is 4.40. The summed E-state index contributed by atoms with van der Waals surface area (Å²) < 4.78 is 0. The van der Waals surface area contributed by atoms with E-state index in [4.69, 9.17) is 0 Å². The quantitative estimate of drug-likeness (QED) is 0.750. The third-order valence-corrected chi connectivity index (χ3v) is 3.58. The summed E-state index contributed by atoms with van der Waals surface area (Å²) in [5, 5.41) is 11.7. The molecule has 1 aliphatic rings. The number of aromatic amines is 1. The first-order chi connectivity index (χ1) is 10.8. The Bertz CT molecular complexity index is 883. The fourth-order valence-electron chi connectivity index (χ4n) is 2.44. The molecule has 3 heterocycles. The highest BCUT2D eigenvalue weighted by atomic mass is 16.2. The highest BCUT2D eigenvalue weighted by molar-refractivity contribution is 6.05. The maximum Gasteiger partial charge on any atom is 0.240 e. The van der Waals surface area contributed by atoms with Gasteiger partial charge >= 0.3 is 0 Å². The Morgan fingerprint density at radius 3 is 2.77 bits per heavy atom. The maximum absolute atomic E-state index is 11.2. The Hall–Kier alpha value is -3.09. The first-order valence-electron chi connectivity index (χ1n) is 6.92. The second-order valence-corrected chi connectivity index (χ2v) is 5.04. The van der Waals surface area contributed by atoms with Crippen LogP contribution in [0.4, 0.5) is 0 Å². The first kappa shape index (κ1) is 12.6. The Labute approximate surface area is 125 Å². The molecule has 3 aromatic rings. The van der Waals surface area contributed by atoms with Crippen LogP contribution in [0.25, 0.3) is 22.4 Å². The minimum Gasteiger partial charge on any atom is -0.338 e. The van der Waals surface area contributed by atoms with Crippen LogP contribution < -0.4 is 5.43 Å². The predicted molar refractivity (Wildman–Crippen MR) is 81.0 cm³/mol. The Morgan fingerprint density at radius 2 is 2.00 bits per heavy atom. The zero-order valence-corrected chi connectivity index (χ0v) is 11.6. The predicted octanol–water partition coefficient (Wildman–Crippen LogP) is 1.63. The fraction of sp³-hybridized carbons (Fsp3) is 0.133. The van der Waals surface area contributed by atoms with Gasteiger partial charge in [0.2, 0.25) is 5.91 Å². The number of aromatic nitrogens is 4. The van der Waals surface area contributed by atoms with E-state index in [9.17, 15) is 4.79 Å². The number of hydrazone groups is 1. The smallest absolute Gasteiger partial charge is 0.240 e. The molecule has 0 bridgehead atoms. The van der Waals surface area contributed by atoms with Crippen LogP contribution in [0.2, 0.25) is 0 Å². The number of hydrogen-bond donors (Lipinski definition) is 2. The largest absolute Gasteiger partial charge is 0.338 e. The number of fused-ring (bicyclic) bond motifs is 1. The van der Waals surface area contributed by atoms with Crippen molar-refractivity contribution in [2.75, 3.05) is 0 Å². The molecule has 0 atom stereocenters. The summed E-state index contributed by atoms with van der Waals surface area (Å²) in [6.45, 7) is 0. The number of nitrogens with one attached hydrogen (secondary N) is 2. The molecule has 0 spiro atoms. The van der Waals surface area contributed by atoms with Crippen LogP contribution in [0.1, 0.15) is 18.4 Å². The van der Waals surface area contributed by atoms with Gasteiger partial charge in [-0.15, -0.1) is 0 Å². The van der Waals surface area contributed by atoms with Crippen LogP contribution in [-0.2, 0) is 4.79 Å². The number of amides is 1. The summed E-state index contributed by atoms with van der Waals surface area (Å²) in [6, 6.07) is 7.77. The Kier molecular flexibility index (Phi) is 2.89. The number of rotatable bonds is 2. The molecule has 0 unspecified atom stereocenters. The molecule has 1 amide bonds. The molecule has 0 saturated carbocycles. The number of H-pyrrole nitrogens is 1. The topological polar surface area (TPSA) is 95.9 Å². The first-order valence-corrected chi connectivity index (χ1v) is 6.92. The number of benzene rings is 1. The lowest BCUT2D eigenvalue weighted by atomic mass is 10.0. The number of hydrogen-bond acceptors (Lipinski definition) is 5. The van der Waals surface area contributed by atoms with Crippen LogP contribution in [-0.4, -0.2) is 31.8 Å². The molecule has 4 rings (SSSR count). The fourth-order valence-corrected chi connectivity index (χ4v) is 2.44. The molecule has 2 aromatic heterocycles. The normalized spacial score (nSPS) is 14.7. The lowest BCUT2D eigenvalue weighted by molar-refractivity contribution is -0.121. The van der Waals surface area contributed by atoms with E-state index < -0.39 is 0 Å². The lowest BCUT2D eigenvalue weighted by Crippen LogP contribution is -2.25. The van der Waals surface area contributed by atoms with Crippen molar-refractivity contribution in [1.29, 1.82) is 0 Å². The molecule has 0 fully saturated rings. The monoisotopic (exact) mass is 292 g/mol. The van der Waals surface area contributed by atoms with Gasteiger partial charge in [0.15, 0.2) is 0 Å². The van der Waals surface area contributed by atoms with Crippen molar-refractivity contribution in [2.24, 2.45) is 5.10 Å². The Morgan fingerprint density at radius 1 is 1.05 bits per heavy atom. The van der Waals surface area contributed by atoms with E-state index >= 15 is 0 Å². The summed E-state index contributed by atoms with van der Waals surface area (Å²) in [5.74, 6) is 0.706. The van der Waals surface area contributed by atoms with E-state index in [1.165, 1.54) is 0 Å². The summed E-state index contributed by atoms with van der Waals surface area (Å²) >= 11 is 0. The third-order valence-electron chi connectivity index (χ3n) is 3.58. The Balaban J connectivity index is 1.74. The summed E-state index contributed by atoms with van der Waals surface area (Å²) in [5.41, 5.74) is 7.03. The van der Waals surface area contributed by atoms with Gasteiger partial charge in [-0.05, 0) is 18.2 Å². The standard InChI is InChI=1S/C15H12N6O/c22-14-4-3-11(20-21-14)9-1-2-12-13(7-9)19-15(18-12)10-5-6-16-17-8-10/h1-2,5-8H,3-4H2,(H,18,19)(H,21,22). The van der Waals surface area contributed by atoms with Crippen molar-refractivity contribution < 1.29 is 4.79 Å². The summed E-state index contributed by atoms with van der Waals surface area (Å²) in [7, 11) is 0. The average Bonchev–Trinajstić information content (AvgIpc) is 2.99. The van der Waals surface area contributed by atoms with Gasteiger partial charge in [0.1, 0.15) is 5.82 Å². The SMILES string of the molecule is O=C1CCC(c2ccc3[nH]c(-c4ccnnc4)nc3c2)=NN1. The van der Waals surface area contributed by atoms with Crippen molar-refractivity contribution >= 4 is 22.7 Å². The highest BCUT2D eigenvalue weighted by Crippen LogP contribution is 2.21. The number of carbonyl (C=O) groups excluding carboxylic acids is 1. The maximum atomic E-state index is 11.2. The van der Waals surface area contributed by atoms with Gasteiger partial charge in [-0.2, -0.15) is 15.3 Å². The van der Waals surface area contributed by atoms with Crippen LogP contribution in [0.3, 0.4) is 0 Å². The van der Waals surface area contributed by atoms with Gasteiger partial charge in [0, 0.05) is 24.0 Å². The molecule has 0 saturated heterocycles. The number of nitrogens with zero attached hydrogens (tertiary/aromatic N) is 4. The van der Waals surface area contributed by atoms with E-state index in [1.54, 1.807) is 12.4 Å². The zero-order chi connectivity index (χ0) is 14.9. The van der Waals surface area contributed by atoms with Crippen molar-refractivity contribution in [3.05, 3.63) is 42.2 Å². The minimum absolute atomic E-state index is 0.0444. The van der Waals surface area contributed by atoms with Crippen LogP contribution in [0.5, 0.6) is 0 Å². The second kappa shape index (κ2) is 5.03. The van der Waals surface area contributed by atoms with E-state index in [2.05, 4.69) is 30.7 Å². The molecule has 2 N–H and O–H groups in total. The number of imidazole rings is 1. The molecule has 7 nitrogen and oxygen atoms in total. The van der Waals surface area contributed by atoms with Crippen molar-refractivity contribution in [3.8, 4) is 11.4 Å². The van der Waals surface area contributed by atoms with Gasteiger partial charge in [-0.3, -0.25) is 4.79 Å². The molecule has 1 aromatic carbocycles. The van der Waals surface area contributed by atoms with Crippen LogP contribution in [0.15, 0.2) is 41.8 Å². The van der Waals surface area contributed by atoms with Crippen LogP contribution in [0, 0.1) is 0 Å². The number of carbonyl (C=O) groups is 1. The molecule has 7 heteroatoms. The third kappa shape index (κ3) is 2.22. The zero-order valence-electron chi connectivity index (χ0n) is 11.6. The molecule has 22 heavy (non-hydrogen) atoms. The van der Waals surface area contributed by atoms with Crippen molar-refractivity contribution in [1.82, 2.24) is 25.6 Å². The van der Waals surface area contributed by atoms with Crippen molar-refractivity contribution in [3.63, 3.8) is 0 Å². The molecule has 0 radical (unpaired) electrons. The van der Waals surface area contributed by atoms with E-state index in [0.29, 0.717) is 12.8 Å². The van der Waals surface area contributed by atoms with Gasteiger partial charge in [-0.1, -0.05) is 6.07 Å². The van der Waals surface area contributed by atoms with E-state index in [-0.39, 0.29) is 5.91 Å².